The molecular formula is C27H32N4O2. The Kier molecular flexibility index (Phi) is 5.33. The SMILES string of the molecule is O=C1CCCN1c1ccc([C@H]2c3ccccc3CCN2C(=O)N[C@@H]2CN3CCC2CC3)cc1. The van der Waals surface area contributed by atoms with Crippen molar-refractivity contribution < 1.29 is 9.59 Å². The van der Waals surface area contributed by atoms with E-state index < -0.39 is 0 Å². The van der Waals surface area contributed by atoms with Crippen molar-refractivity contribution >= 4 is 17.6 Å². The Labute approximate surface area is 195 Å². The molecule has 33 heavy (non-hydrogen) atoms. The zero-order valence-electron chi connectivity index (χ0n) is 19.1. The molecule has 4 fully saturated rings. The summed E-state index contributed by atoms with van der Waals surface area (Å²) >= 11 is 0. The first-order valence-electron chi connectivity index (χ1n) is 12.4. The van der Waals surface area contributed by atoms with Gasteiger partial charge in [-0.15, -0.1) is 0 Å². The molecule has 3 amide bonds. The van der Waals surface area contributed by atoms with Gasteiger partial charge in [-0.3, -0.25) is 4.79 Å². The molecule has 2 aromatic carbocycles. The molecule has 2 atom stereocenters. The summed E-state index contributed by atoms with van der Waals surface area (Å²) in [6.07, 6.45) is 4.80. The van der Waals surface area contributed by atoms with E-state index in [9.17, 15) is 9.59 Å². The van der Waals surface area contributed by atoms with E-state index in [1.54, 1.807) is 0 Å². The predicted octanol–water partition coefficient (Wildman–Crippen LogP) is 3.56. The zero-order chi connectivity index (χ0) is 22.4. The molecule has 172 valence electrons. The maximum absolute atomic E-state index is 13.6. The smallest absolute Gasteiger partial charge is 0.318 e. The number of carbonyl (C=O) groups is 2. The molecule has 0 aromatic heterocycles. The minimum Gasteiger partial charge on any atom is -0.334 e. The summed E-state index contributed by atoms with van der Waals surface area (Å²) in [5, 5.41) is 3.40. The molecule has 0 saturated carbocycles. The van der Waals surface area contributed by atoms with Crippen LogP contribution in [0.15, 0.2) is 48.5 Å². The van der Waals surface area contributed by atoms with Gasteiger partial charge in [-0.05, 0) is 73.5 Å². The second kappa shape index (κ2) is 8.49. The third-order valence-electron chi connectivity index (χ3n) is 8.10. The highest BCUT2D eigenvalue weighted by Crippen LogP contribution is 2.37. The number of benzene rings is 2. The average molecular weight is 445 g/mol. The van der Waals surface area contributed by atoms with Crippen molar-refractivity contribution in [1.82, 2.24) is 15.1 Å². The number of nitrogens with zero attached hydrogens (tertiary/aromatic N) is 3. The van der Waals surface area contributed by atoms with E-state index >= 15 is 0 Å². The van der Waals surface area contributed by atoms with Crippen LogP contribution < -0.4 is 10.2 Å². The van der Waals surface area contributed by atoms with E-state index in [2.05, 4.69) is 46.6 Å². The third kappa shape index (κ3) is 3.80. The van der Waals surface area contributed by atoms with Gasteiger partial charge in [0.05, 0.1) is 6.04 Å². The largest absolute Gasteiger partial charge is 0.334 e. The van der Waals surface area contributed by atoms with Crippen LogP contribution in [0.4, 0.5) is 10.5 Å². The molecule has 5 aliphatic heterocycles. The first-order chi connectivity index (χ1) is 16.2. The first-order valence-corrected chi connectivity index (χ1v) is 12.4. The van der Waals surface area contributed by atoms with Crippen molar-refractivity contribution in [2.45, 2.75) is 44.2 Å². The highest BCUT2D eigenvalue weighted by molar-refractivity contribution is 5.95. The minimum atomic E-state index is -0.112. The van der Waals surface area contributed by atoms with Crippen LogP contribution in [0, 0.1) is 5.92 Å². The number of carbonyl (C=O) groups excluding carboxylic acids is 2. The number of nitrogens with one attached hydrogen (secondary N) is 1. The van der Waals surface area contributed by atoms with Crippen LogP contribution in [0.1, 0.15) is 48.4 Å². The van der Waals surface area contributed by atoms with Crippen LogP contribution in [0.25, 0.3) is 0 Å². The quantitative estimate of drug-likeness (QED) is 0.788. The lowest BCUT2D eigenvalue weighted by Gasteiger charge is -2.46. The summed E-state index contributed by atoms with van der Waals surface area (Å²) in [5.74, 6) is 0.802. The molecule has 0 aliphatic carbocycles. The fraction of sp³-hybridized carbons (Fsp3) is 0.481. The molecule has 7 rings (SSSR count). The lowest BCUT2D eigenvalue weighted by Crippen LogP contribution is -2.59. The third-order valence-corrected chi connectivity index (χ3v) is 8.10. The Morgan fingerprint density at radius 2 is 1.70 bits per heavy atom. The maximum Gasteiger partial charge on any atom is 0.318 e. The molecule has 2 aromatic rings. The van der Waals surface area contributed by atoms with Gasteiger partial charge in [-0.25, -0.2) is 4.79 Å². The Morgan fingerprint density at radius 1 is 0.909 bits per heavy atom. The van der Waals surface area contributed by atoms with Crippen molar-refractivity contribution in [2.24, 2.45) is 5.92 Å². The van der Waals surface area contributed by atoms with Gasteiger partial charge in [0.25, 0.3) is 0 Å². The first kappa shape index (κ1) is 20.7. The number of piperidine rings is 3. The zero-order valence-corrected chi connectivity index (χ0v) is 19.1. The average Bonchev–Trinajstić information content (AvgIpc) is 3.30. The Balaban J connectivity index is 1.28. The van der Waals surface area contributed by atoms with E-state index in [4.69, 9.17) is 0 Å². The number of rotatable bonds is 3. The molecule has 4 saturated heterocycles. The van der Waals surface area contributed by atoms with E-state index in [0.717, 1.165) is 37.2 Å². The summed E-state index contributed by atoms with van der Waals surface area (Å²) in [4.78, 5) is 32.1. The van der Waals surface area contributed by atoms with E-state index in [-0.39, 0.29) is 24.0 Å². The molecule has 6 nitrogen and oxygen atoms in total. The van der Waals surface area contributed by atoms with Gasteiger partial charge in [-0.2, -0.15) is 0 Å². The molecule has 6 heteroatoms. The lowest BCUT2D eigenvalue weighted by atomic mass is 9.84. The van der Waals surface area contributed by atoms with Crippen molar-refractivity contribution in [3.8, 4) is 0 Å². The molecular weight excluding hydrogens is 412 g/mol. The second-order valence-electron chi connectivity index (χ2n) is 9.98. The van der Waals surface area contributed by atoms with Gasteiger partial charge in [0.1, 0.15) is 0 Å². The van der Waals surface area contributed by atoms with Crippen molar-refractivity contribution in [1.29, 1.82) is 0 Å². The second-order valence-corrected chi connectivity index (χ2v) is 9.98. The molecule has 5 aliphatic rings. The normalized spacial score (nSPS) is 28.7. The Hall–Kier alpha value is -2.86. The van der Waals surface area contributed by atoms with Gasteiger partial charge in [0.2, 0.25) is 5.91 Å². The van der Waals surface area contributed by atoms with Crippen molar-refractivity contribution in [2.75, 3.05) is 37.6 Å². The molecule has 1 N–H and O–H groups in total. The van der Waals surface area contributed by atoms with Crippen molar-refractivity contribution in [3.05, 3.63) is 65.2 Å². The van der Waals surface area contributed by atoms with Crippen molar-refractivity contribution in [3.63, 3.8) is 0 Å². The molecule has 0 unspecified atom stereocenters. The van der Waals surface area contributed by atoms with E-state index in [1.807, 2.05) is 21.9 Å². The summed E-state index contributed by atoms with van der Waals surface area (Å²) in [7, 11) is 0. The lowest BCUT2D eigenvalue weighted by molar-refractivity contribution is -0.117. The summed E-state index contributed by atoms with van der Waals surface area (Å²) < 4.78 is 0. The van der Waals surface area contributed by atoms with Crippen LogP contribution in [0.3, 0.4) is 0 Å². The van der Waals surface area contributed by atoms with Crippen LogP contribution in [0.5, 0.6) is 0 Å². The molecule has 0 spiro atoms. The van der Waals surface area contributed by atoms with Crippen LogP contribution >= 0.6 is 0 Å². The summed E-state index contributed by atoms with van der Waals surface area (Å²) in [6, 6.07) is 17.0. The van der Waals surface area contributed by atoms with Gasteiger partial charge in [0.15, 0.2) is 0 Å². The van der Waals surface area contributed by atoms with Gasteiger partial charge in [0, 0.05) is 37.8 Å². The van der Waals surface area contributed by atoms with Gasteiger partial charge >= 0.3 is 6.03 Å². The van der Waals surface area contributed by atoms with Crippen LogP contribution in [0.2, 0.25) is 0 Å². The predicted molar refractivity (Wildman–Crippen MR) is 128 cm³/mol. The number of hydrogen-bond donors (Lipinski definition) is 1. The number of urea groups is 1. The highest BCUT2D eigenvalue weighted by Gasteiger charge is 2.38. The number of hydrogen-bond acceptors (Lipinski definition) is 3. The van der Waals surface area contributed by atoms with Gasteiger partial charge in [-0.1, -0.05) is 36.4 Å². The minimum absolute atomic E-state index is 0.0482. The summed E-state index contributed by atoms with van der Waals surface area (Å²) in [5.41, 5.74) is 4.57. The molecule has 5 heterocycles. The maximum atomic E-state index is 13.6. The number of anilines is 1. The standard InChI is InChI=1S/C27H32N4O2/c32-25-6-3-14-30(25)22-9-7-21(8-10-22)26-23-5-2-1-4-19(23)13-17-31(26)27(33)28-24-18-29-15-11-20(24)12-16-29/h1-2,4-5,7-10,20,24,26H,3,6,11-18H2,(H,28,33)/t24-,26+/m1/s1. The van der Waals surface area contributed by atoms with Crippen LogP contribution in [-0.4, -0.2) is 60.5 Å². The topological polar surface area (TPSA) is 55.9 Å². The molecule has 2 bridgehead atoms. The van der Waals surface area contributed by atoms with Gasteiger partial charge < -0.3 is 20.0 Å². The fourth-order valence-corrected chi connectivity index (χ4v) is 6.27. The Bertz CT molecular complexity index is 1040. The monoisotopic (exact) mass is 444 g/mol. The number of fused-ring (bicyclic) bond motifs is 4. The van der Waals surface area contributed by atoms with E-state index in [1.165, 1.54) is 37.1 Å². The Morgan fingerprint density at radius 3 is 2.39 bits per heavy atom. The number of amides is 3. The van der Waals surface area contributed by atoms with E-state index in [0.29, 0.717) is 18.9 Å². The molecule has 0 radical (unpaired) electrons. The van der Waals surface area contributed by atoms with Crippen LogP contribution in [-0.2, 0) is 11.2 Å². The highest BCUT2D eigenvalue weighted by atomic mass is 16.2. The summed E-state index contributed by atoms with van der Waals surface area (Å²) in [6.45, 7) is 4.81. The fourth-order valence-electron chi connectivity index (χ4n) is 6.27.